The molecule has 2 heterocycles. The van der Waals surface area contributed by atoms with Gasteiger partial charge < -0.3 is 28.3 Å². The van der Waals surface area contributed by atoms with E-state index in [1.807, 2.05) is 72.8 Å². The highest BCUT2D eigenvalue weighted by molar-refractivity contribution is 5.88. The number of hydrogen-bond donors (Lipinski definition) is 0. The minimum Gasteiger partial charge on any atom is -0.374 e. The second-order valence-corrected chi connectivity index (χ2v) is 15.2. The second-order valence-electron chi connectivity index (χ2n) is 15.2. The third-order valence-corrected chi connectivity index (χ3v) is 11.1. The first-order chi connectivity index (χ1) is 28.6. The zero-order valence-electron chi connectivity index (χ0n) is 33.5. The molecule has 1 fully saturated rings. The maximum atomic E-state index is 7.38. The van der Waals surface area contributed by atoms with Crippen molar-refractivity contribution in [3.05, 3.63) is 214 Å². The molecule has 6 nitrogen and oxygen atoms in total. The first-order valence-corrected chi connectivity index (χ1v) is 20.5. The quantitative estimate of drug-likeness (QED) is 0.0923. The molecule has 0 spiro atoms. The van der Waals surface area contributed by atoms with Crippen molar-refractivity contribution in [1.29, 1.82) is 0 Å². The predicted octanol–water partition coefficient (Wildman–Crippen LogP) is 11.0. The van der Waals surface area contributed by atoms with Crippen molar-refractivity contribution >= 4 is 10.9 Å². The lowest BCUT2D eigenvalue weighted by molar-refractivity contribution is -0.274. The Labute approximate surface area is 342 Å². The predicted molar refractivity (Wildman–Crippen MR) is 230 cm³/mol. The van der Waals surface area contributed by atoms with Crippen molar-refractivity contribution in [3.63, 3.8) is 0 Å². The molecule has 5 atom stereocenters. The van der Waals surface area contributed by atoms with Crippen LogP contribution in [0.2, 0.25) is 0 Å². The highest BCUT2D eigenvalue weighted by atomic mass is 16.6. The Hall–Kier alpha value is -5.34. The van der Waals surface area contributed by atoms with E-state index < -0.39 is 30.5 Å². The molecule has 296 valence electrons. The van der Waals surface area contributed by atoms with Gasteiger partial charge in [-0.3, -0.25) is 0 Å². The molecule has 8 rings (SSSR count). The van der Waals surface area contributed by atoms with Crippen LogP contribution in [-0.2, 0) is 63.1 Å². The monoisotopic (exact) mass is 771 g/mol. The van der Waals surface area contributed by atoms with Crippen LogP contribution in [0.1, 0.15) is 57.5 Å². The van der Waals surface area contributed by atoms with Gasteiger partial charge in [0.2, 0.25) is 0 Å². The van der Waals surface area contributed by atoms with Crippen LogP contribution >= 0.6 is 0 Å². The molecular formula is C52H53NO5. The summed E-state index contributed by atoms with van der Waals surface area (Å²) < 4.78 is 37.4. The number of benzene rings is 6. The summed E-state index contributed by atoms with van der Waals surface area (Å²) in [6.45, 7) is 7.04. The number of nitrogens with zero attached hydrogens (tertiary/aromatic N) is 1. The van der Waals surface area contributed by atoms with Crippen LogP contribution in [0, 0.1) is 6.92 Å². The van der Waals surface area contributed by atoms with Crippen molar-refractivity contribution in [2.45, 2.75) is 83.8 Å². The molecule has 0 aliphatic carbocycles. The third kappa shape index (κ3) is 9.67. The van der Waals surface area contributed by atoms with Gasteiger partial charge in [0.05, 0.1) is 33.0 Å². The molecule has 58 heavy (non-hydrogen) atoms. The number of fused-ring (bicyclic) bond motifs is 1. The minimum atomic E-state index is -0.530. The van der Waals surface area contributed by atoms with Crippen molar-refractivity contribution in [2.75, 3.05) is 6.61 Å². The molecule has 1 aliphatic heterocycles. The summed E-state index contributed by atoms with van der Waals surface area (Å²) in [7, 11) is 0. The Kier molecular flexibility index (Phi) is 13.2. The molecule has 0 radical (unpaired) electrons. The average Bonchev–Trinajstić information content (AvgIpc) is 3.65. The van der Waals surface area contributed by atoms with Gasteiger partial charge in [-0.05, 0) is 58.4 Å². The highest BCUT2D eigenvalue weighted by Gasteiger charge is 2.49. The Bertz CT molecular complexity index is 2290. The number of aryl methyl sites for hydroxylation is 2. The number of ether oxygens (including phenoxy) is 5. The summed E-state index contributed by atoms with van der Waals surface area (Å²) in [4.78, 5) is 0. The average molecular weight is 772 g/mol. The molecule has 7 aromatic rings. The fourth-order valence-corrected chi connectivity index (χ4v) is 8.03. The van der Waals surface area contributed by atoms with E-state index >= 15 is 0 Å². The topological polar surface area (TPSA) is 51.1 Å². The van der Waals surface area contributed by atoms with Crippen molar-refractivity contribution in [2.24, 2.45) is 0 Å². The maximum Gasteiger partial charge on any atom is 0.117 e. The molecular weight excluding hydrogens is 719 g/mol. The lowest BCUT2D eigenvalue weighted by Crippen LogP contribution is -2.58. The fraction of sp³-hybridized carbons (Fsp3) is 0.269. The van der Waals surface area contributed by atoms with E-state index in [4.69, 9.17) is 23.7 Å². The number of rotatable bonds is 17. The van der Waals surface area contributed by atoms with Gasteiger partial charge in [-0.1, -0.05) is 165 Å². The summed E-state index contributed by atoms with van der Waals surface area (Å²) in [5.41, 5.74) is 10.3. The summed E-state index contributed by atoms with van der Waals surface area (Å²) in [6.07, 6.45) is 0.758. The molecule has 0 N–H and O–H groups in total. The normalized spacial score (nSPS) is 19.4. The summed E-state index contributed by atoms with van der Waals surface area (Å²) in [6, 6.07) is 56.7. The Morgan fingerprint density at radius 1 is 0.500 bits per heavy atom. The van der Waals surface area contributed by atoms with Crippen LogP contribution in [0.25, 0.3) is 10.9 Å². The van der Waals surface area contributed by atoms with Gasteiger partial charge in [-0.15, -0.1) is 0 Å². The van der Waals surface area contributed by atoms with E-state index in [-0.39, 0.29) is 0 Å². The van der Waals surface area contributed by atoms with Gasteiger partial charge >= 0.3 is 0 Å². The zero-order valence-corrected chi connectivity index (χ0v) is 33.5. The van der Waals surface area contributed by atoms with E-state index in [9.17, 15) is 0 Å². The standard InChI is InChI=1S/C52H53NO5/c1-3-39-27-29-40(30-28-39)31-53-32-45(48-38(2)17-16-26-46(48)53)49-51(56-35-43-22-12-6-13-23-43)52(57-36-44-24-14-7-15-25-44)50(55-34-42-20-10-5-11-21-42)47(58-49)37-54-33-41-18-8-4-9-19-41/h4-30,32,47,49-52H,3,31,33-37H2,1-2H3/t47-,49+,50-,51+,52+/m1/s1. The SMILES string of the molecule is CCc1ccc(Cn2cc([C@@H]3O[C@H](COCc4ccccc4)[C@@H](OCc4ccccc4)[C@H](OCc4ccccc4)[C@H]3OCc3ccccc3)c3c(C)cccc32)cc1. The lowest BCUT2D eigenvalue weighted by Gasteiger charge is -2.46. The minimum absolute atomic E-state index is 0.308. The van der Waals surface area contributed by atoms with E-state index in [0.29, 0.717) is 33.0 Å². The largest absolute Gasteiger partial charge is 0.374 e. The van der Waals surface area contributed by atoms with Crippen LogP contribution in [0.5, 0.6) is 0 Å². The maximum absolute atomic E-state index is 7.38. The van der Waals surface area contributed by atoms with Crippen molar-refractivity contribution in [3.8, 4) is 0 Å². The van der Waals surface area contributed by atoms with Crippen LogP contribution in [0.15, 0.2) is 170 Å². The smallest absolute Gasteiger partial charge is 0.117 e. The van der Waals surface area contributed by atoms with Crippen molar-refractivity contribution < 1.29 is 23.7 Å². The molecule has 1 saturated heterocycles. The molecule has 1 aliphatic rings. The van der Waals surface area contributed by atoms with E-state index in [2.05, 4.69) is 116 Å². The van der Waals surface area contributed by atoms with Crippen molar-refractivity contribution in [1.82, 2.24) is 4.57 Å². The molecule has 0 bridgehead atoms. The Morgan fingerprint density at radius 2 is 1.00 bits per heavy atom. The number of aromatic nitrogens is 1. The Balaban J connectivity index is 1.22. The molecule has 0 saturated carbocycles. The molecule has 0 unspecified atom stereocenters. The van der Waals surface area contributed by atoms with E-state index in [0.717, 1.165) is 46.3 Å². The summed E-state index contributed by atoms with van der Waals surface area (Å²) >= 11 is 0. The van der Waals surface area contributed by atoms with Gasteiger partial charge in [0.1, 0.15) is 30.5 Å². The Morgan fingerprint density at radius 3 is 1.55 bits per heavy atom. The summed E-state index contributed by atoms with van der Waals surface area (Å²) in [5, 5.41) is 1.17. The van der Waals surface area contributed by atoms with Crippen LogP contribution in [-0.4, -0.2) is 35.6 Å². The molecule has 6 heteroatoms. The van der Waals surface area contributed by atoms with Gasteiger partial charge in [-0.2, -0.15) is 0 Å². The molecule has 6 aromatic carbocycles. The van der Waals surface area contributed by atoms with Crippen LogP contribution < -0.4 is 0 Å². The molecule has 0 amide bonds. The number of hydrogen-bond acceptors (Lipinski definition) is 5. The van der Waals surface area contributed by atoms with E-state index in [1.54, 1.807) is 0 Å². The van der Waals surface area contributed by atoms with Crippen LogP contribution in [0.4, 0.5) is 0 Å². The van der Waals surface area contributed by atoms with E-state index in [1.165, 1.54) is 22.1 Å². The first-order valence-electron chi connectivity index (χ1n) is 20.5. The van der Waals surface area contributed by atoms with Gasteiger partial charge in [-0.25, -0.2) is 0 Å². The van der Waals surface area contributed by atoms with Crippen LogP contribution in [0.3, 0.4) is 0 Å². The first kappa shape index (κ1) is 39.5. The van der Waals surface area contributed by atoms with Gasteiger partial charge in [0, 0.05) is 29.2 Å². The van der Waals surface area contributed by atoms with Gasteiger partial charge in [0.25, 0.3) is 0 Å². The summed E-state index contributed by atoms with van der Waals surface area (Å²) in [5.74, 6) is 0. The lowest BCUT2D eigenvalue weighted by atomic mass is 9.89. The van der Waals surface area contributed by atoms with Gasteiger partial charge in [0.15, 0.2) is 0 Å². The third-order valence-electron chi connectivity index (χ3n) is 11.1. The highest BCUT2D eigenvalue weighted by Crippen LogP contribution is 2.42. The fourth-order valence-electron chi connectivity index (χ4n) is 8.03. The molecule has 1 aromatic heterocycles. The zero-order chi connectivity index (χ0) is 39.5. The second kappa shape index (κ2) is 19.4.